The summed E-state index contributed by atoms with van der Waals surface area (Å²) < 4.78 is 14.0. The number of H-pyrrole nitrogens is 1. The van der Waals surface area contributed by atoms with E-state index in [9.17, 15) is 9.18 Å². The lowest BCUT2D eigenvalue weighted by molar-refractivity contribution is 0.500. The van der Waals surface area contributed by atoms with Gasteiger partial charge in [0.05, 0.1) is 17.6 Å². The first-order valence-electron chi connectivity index (χ1n) is 7.00. The first-order valence-corrected chi connectivity index (χ1v) is 7.00. The first kappa shape index (κ1) is 13.8. The van der Waals surface area contributed by atoms with Crippen LogP contribution in [-0.4, -0.2) is 29.1 Å². The summed E-state index contributed by atoms with van der Waals surface area (Å²) in [6.07, 6.45) is 3.25. The molecule has 0 bridgehead atoms. The van der Waals surface area contributed by atoms with Crippen LogP contribution in [0.15, 0.2) is 35.3 Å². The number of halogens is 1. The largest absolute Gasteiger partial charge is 0.368 e. The van der Waals surface area contributed by atoms with Gasteiger partial charge in [-0.05, 0) is 25.0 Å². The number of anilines is 1. The molecule has 1 aliphatic heterocycles. The third-order valence-corrected chi connectivity index (χ3v) is 3.82. The minimum absolute atomic E-state index is 0.203. The summed E-state index contributed by atoms with van der Waals surface area (Å²) in [5.41, 5.74) is 7.03. The molecular weight excluding hydrogens is 271 g/mol. The Hall–Kier alpha value is -2.21. The standard InChI is InChI=1S/C15H17FN4O/c16-12-4-2-1-3-11(12)14-13(9-18-15(21)19-14)20-7-5-10(17)6-8-20/h1-4,9-10H,5-8,17H2,(H,18,19,21). The van der Waals surface area contributed by atoms with Gasteiger partial charge in [-0.3, -0.25) is 0 Å². The minimum Gasteiger partial charge on any atom is -0.368 e. The van der Waals surface area contributed by atoms with Crippen molar-refractivity contribution >= 4 is 5.69 Å². The third-order valence-electron chi connectivity index (χ3n) is 3.82. The van der Waals surface area contributed by atoms with Crippen LogP contribution in [0, 0.1) is 5.82 Å². The molecular formula is C15H17FN4O. The second-order valence-corrected chi connectivity index (χ2v) is 5.25. The van der Waals surface area contributed by atoms with E-state index in [1.807, 2.05) is 0 Å². The van der Waals surface area contributed by atoms with E-state index in [-0.39, 0.29) is 11.9 Å². The second-order valence-electron chi connectivity index (χ2n) is 5.25. The Balaban J connectivity index is 2.06. The Bertz CT molecular complexity index is 692. The maximum Gasteiger partial charge on any atom is 0.345 e. The van der Waals surface area contributed by atoms with Gasteiger partial charge in [0.15, 0.2) is 0 Å². The van der Waals surface area contributed by atoms with E-state index >= 15 is 0 Å². The molecule has 0 aliphatic carbocycles. The van der Waals surface area contributed by atoms with Crippen molar-refractivity contribution in [3.63, 3.8) is 0 Å². The van der Waals surface area contributed by atoms with Crippen molar-refractivity contribution in [3.8, 4) is 11.3 Å². The monoisotopic (exact) mass is 288 g/mol. The van der Waals surface area contributed by atoms with Gasteiger partial charge in [-0.25, -0.2) is 9.18 Å². The number of benzene rings is 1. The summed E-state index contributed by atoms with van der Waals surface area (Å²) >= 11 is 0. The number of hydrogen-bond acceptors (Lipinski definition) is 4. The summed E-state index contributed by atoms with van der Waals surface area (Å²) in [6.45, 7) is 1.55. The van der Waals surface area contributed by atoms with Crippen LogP contribution in [-0.2, 0) is 0 Å². The topological polar surface area (TPSA) is 75.0 Å². The smallest absolute Gasteiger partial charge is 0.345 e. The fourth-order valence-corrected chi connectivity index (χ4v) is 2.64. The zero-order valence-electron chi connectivity index (χ0n) is 11.6. The summed E-state index contributed by atoms with van der Waals surface area (Å²) in [5.74, 6) is -0.366. The summed E-state index contributed by atoms with van der Waals surface area (Å²) in [5, 5.41) is 0. The van der Waals surface area contributed by atoms with Crippen LogP contribution in [0.25, 0.3) is 11.3 Å². The molecule has 6 heteroatoms. The molecule has 0 spiro atoms. The van der Waals surface area contributed by atoms with E-state index in [2.05, 4.69) is 14.9 Å². The maximum atomic E-state index is 14.0. The lowest BCUT2D eigenvalue weighted by atomic mass is 10.0. The molecule has 0 atom stereocenters. The number of piperidine rings is 1. The van der Waals surface area contributed by atoms with Crippen LogP contribution in [0.1, 0.15) is 12.8 Å². The van der Waals surface area contributed by atoms with E-state index in [1.165, 1.54) is 12.3 Å². The van der Waals surface area contributed by atoms with Gasteiger partial charge in [0.1, 0.15) is 5.82 Å². The molecule has 110 valence electrons. The van der Waals surface area contributed by atoms with E-state index in [1.54, 1.807) is 18.2 Å². The van der Waals surface area contributed by atoms with Crippen molar-refractivity contribution in [2.24, 2.45) is 5.73 Å². The second kappa shape index (κ2) is 5.65. The average Bonchev–Trinajstić information content (AvgIpc) is 2.49. The predicted molar refractivity (Wildman–Crippen MR) is 79.7 cm³/mol. The molecule has 5 nitrogen and oxygen atoms in total. The molecule has 1 saturated heterocycles. The van der Waals surface area contributed by atoms with Crippen LogP contribution in [0.2, 0.25) is 0 Å². The molecule has 0 saturated carbocycles. The molecule has 0 unspecified atom stereocenters. The number of nitrogens with zero attached hydrogens (tertiary/aromatic N) is 2. The van der Waals surface area contributed by atoms with Gasteiger partial charge >= 0.3 is 5.69 Å². The molecule has 1 aromatic carbocycles. The van der Waals surface area contributed by atoms with Crippen LogP contribution < -0.4 is 16.3 Å². The highest BCUT2D eigenvalue weighted by molar-refractivity contribution is 5.74. The number of aromatic amines is 1. The van der Waals surface area contributed by atoms with Crippen LogP contribution in [0.3, 0.4) is 0 Å². The first-order chi connectivity index (χ1) is 10.1. The number of hydrogen-bond donors (Lipinski definition) is 2. The molecule has 0 radical (unpaired) electrons. The molecule has 2 heterocycles. The molecule has 2 aromatic rings. The van der Waals surface area contributed by atoms with E-state index in [0.717, 1.165) is 31.6 Å². The summed E-state index contributed by atoms with van der Waals surface area (Å²) in [7, 11) is 0. The third kappa shape index (κ3) is 2.80. The Labute approximate surface area is 121 Å². The van der Waals surface area contributed by atoms with Crippen molar-refractivity contribution in [1.29, 1.82) is 0 Å². The van der Waals surface area contributed by atoms with Gasteiger partial charge in [-0.2, -0.15) is 4.98 Å². The molecule has 0 amide bonds. The van der Waals surface area contributed by atoms with E-state index in [0.29, 0.717) is 11.3 Å². The summed E-state index contributed by atoms with van der Waals surface area (Å²) in [4.78, 5) is 20.1. The van der Waals surface area contributed by atoms with Gasteiger partial charge in [0, 0.05) is 24.7 Å². The molecule has 3 N–H and O–H groups in total. The number of rotatable bonds is 2. The molecule has 1 aliphatic rings. The van der Waals surface area contributed by atoms with Gasteiger partial charge < -0.3 is 15.6 Å². The maximum absolute atomic E-state index is 14.0. The molecule has 3 rings (SSSR count). The Morgan fingerprint density at radius 2 is 2.00 bits per heavy atom. The molecule has 21 heavy (non-hydrogen) atoms. The van der Waals surface area contributed by atoms with Crippen molar-refractivity contribution in [3.05, 3.63) is 46.8 Å². The van der Waals surface area contributed by atoms with Crippen LogP contribution in [0.5, 0.6) is 0 Å². The quantitative estimate of drug-likeness (QED) is 0.878. The van der Waals surface area contributed by atoms with Crippen LogP contribution in [0.4, 0.5) is 10.1 Å². The lowest BCUT2D eigenvalue weighted by Gasteiger charge is -2.32. The van der Waals surface area contributed by atoms with E-state index in [4.69, 9.17) is 5.73 Å². The number of nitrogens with one attached hydrogen (secondary N) is 1. The van der Waals surface area contributed by atoms with Crippen molar-refractivity contribution in [1.82, 2.24) is 9.97 Å². The highest BCUT2D eigenvalue weighted by Crippen LogP contribution is 2.30. The van der Waals surface area contributed by atoms with Crippen molar-refractivity contribution < 1.29 is 4.39 Å². The van der Waals surface area contributed by atoms with Gasteiger partial charge in [-0.15, -0.1) is 0 Å². The Morgan fingerprint density at radius 1 is 1.29 bits per heavy atom. The zero-order valence-corrected chi connectivity index (χ0v) is 11.6. The van der Waals surface area contributed by atoms with Gasteiger partial charge in [-0.1, -0.05) is 12.1 Å². The Kier molecular flexibility index (Phi) is 3.70. The van der Waals surface area contributed by atoms with Gasteiger partial charge in [0.2, 0.25) is 0 Å². The van der Waals surface area contributed by atoms with Crippen molar-refractivity contribution in [2.45, 2.75) is 18.9 Å². The fraction of sp³-hybridized carbons (Fsp3) is 0.333. The highest BCUT2D eigenvalue weighted by atomic mass is 19.1. The summed E-state index contributed by atoms with van der Waals surface area (Å²) in [6, 6.07) is 6.60. The van der Waals surface area contributed by atoms with Gasteiger partial charge in [0.25, 0.3) is 0 Å². The highest BCUT2D eigenvalue weighted by Gasteiger charge is 2.21. The zero-order chi connectivity index (χ0) is 14.8. The average molecular weight is 288 g/mol. The van der Waals surface area contributed by atoms with Crippen molar-refractivity contribution in [2.75, 3.05) is 18.0 Å². The number of nitrogens with two attached hydrogens (primary N) is 1. The molecule has 1 aromatic heterocycles. The predicted octanol–water partition coefficient (Wildman–Crippen LogP) is 1.50. The normalized spacial score (nSPS) is 16.2. The fourth-order valence-electron chi connectivity index (χ4n) is 2.64. The lowest BCUT2D eigenvalue weighted by Crippen LogP contribution is -2.40. The molecule has 1 fully saturated rings. The van der Waals surface area contributed by atoms with E-state index < -0.39 is 5.69 Å². The number of aromatic nitrogens is 2. The Morgan fingerprint density at radius 3 is 2.71 bits per heavy atom. The SMILES string of the molecule is NC1CCN(c2cnc(=O)[nH]c2-c2ccccc2F)CC1. The van der Waals surface area contributed by atoms with Crippen LogP contribution >= 0.6 is 0 Å². The minimum atomic E-state index is -0.481.